The van der Waals surface area contributed by atoms with Crippen molar-refractivity contribution in [2.45, 2.75) is 43.9 Å². The van der Waals surface area contributed by atoms with E-state index in [1.54, 1.807) is 30.3 Å². The summed E-state index contributed by atoms with van der Waals surface area (Å²) >= 11 is 0. The van der Waals surface area contributed by atoms with E-state index in [1.807, 2.05) is 60.7 Å². The Morgan fingerprint density at radius 1 is 0.947 bits per heavy atom. The van der Waals surface area contributed by atoms with Crippen molar-refractivity contribution in [3.05, 3.63) is 108 Å². The molecule has 8 heteroatoms. The minimum absolute atomic E-state index is 0.145. The number of carbonyl (C=O) groups excluding carboxylic acids is 2. The van der Waals surface area contributed by atoms with Crippen LogP contribution in [0, 0.1) is 0 Å². The lowest BCUT2D eigenvalue weighted by atomic mass is 9.95. The molecule has 8 nitrogen and oxygen atoms in total. The first-order chi connectivity index (χ1) is 18.5. The van der Waals surface area contributed by atoms with Crippen LogP contribution in [0.2, 0.25) is 0 Å². The van der Waals surface area contributed by atoms with Gasteiger partial charge in [0.25, 0.3) is 0 Å². The molecule has 2 aliphatic rings. The smallest absolute Gasteiger partial charge is 0.223 e. The molecule has 0 unspecified atom stereocenters. The molecule has 2 fully saturated rings. The number of rotatable bonds is 7. The van der Waals surface area contributed by atoms with Crippen molar-refractivity contribution in [3.63, 3.8) is 0 Å². The zero-order valence-corrected chi connectivity index (χ0v) is 20.8. The van der Waals surface area contributed by atoms with Crippen LogP contribution in [0.5, 0.6) is 5.75 Å². The molecule has 3 aromatic rings. The lowest BCUT2D eigenvalue weighted by Crippen LogP contribution is -2.67. The quantitative estimate of drug-likeness (QED) is 0.366. The van der Waals surface area contributed by atoms with Crippen LogP contribution in [0.3, 0.4) is 0 Å². The van der Waals surface area contributed by atoms with Gasteiger partial charge in [0.1, 0.15) is 30.1 Å². The summed E-state index contributed by atoms with van der Waals surface area (Å²) in [5, 5.41) is 13.9. The van der Waals surface area contributed by atoms with Crippen LogP contribution >= 0.6 is 0 Å². The number of allylic oxidation sites excluding steroid dienone is 1. The number of fused-ring (bicyclic) bond motifs is 1. The van der Waals surface area contributed by atoms with Gasteiger partial charge in [-0.05, 0) is 35.9 Å². The van der Waals surface area contributed by atoms with E-state index in [9.17, 15) is 14.7 Å². The molecule has 6 atom stereocenters. The number of carbonyl (C=O) groups is 2. The number of amides is 1. The third-order valence-electron chi connectivity index (χ3n) is 6.43. The molecule has 2 aliphatic heterocycles. The molecule has 0 aromatic heterocycles. The standard InChI is InChI=1S/C30H29NO7/c1-19(32)31-26-27(34)28-25(18-35-29(38-28)22-10-6-3-7-11-22)37-30(26)36-23-15-13-21(14-16-23)24(33)17-12-20-8-4-2-5-9-20/h2-17,25-30,34H,18H2,1H3,(H,31,32)/b17-12+/t25-,26+,27+,28+,29+,30-/m1/s1. The van der Waals surface area contributed by atoms with Crippen LogP contribution in [-0.2, 0) is 19.0 Å². The monoisotopic (exact) mass is 515 g/mol. The van der Waals surface area contributed by atoms with E-state index in [0.717, 1.165) is 11.1 Å². The molecule has 0 spiro atoms. The second kappa shape index (κ2) is 11.7. The SMILES string of the molecule is CC(=O)N[C@@H]1[C@H](Oc2ccc(C(=O)/C=C/c3ccccc3)cc2)O[C@@H]2CO[C@H](c3ccccc3)O[C@@H]2[C@H]1O. The number of hydrogen-bond donors (Lipinski definition) is 2. The van der Waals surface area contributed by atoms with Crippen LogP contribution in [0.1, 0.15) is 34.7 Å². The highest BCUT2D eigenvalue weighted by molar-refractivity contribution is 6.06. The van der Waals surface area contributed by atoms with Gasteiger partial charge in [0.05, 0.1) is 6.61 Å². The second-order valence-electron chi connectivity index (χ2n) is 9.19. The topological polar surface area (TPSA) is 103 Å². The first kappa shape index (κ1) is 25.8. The van der Waals surface area contributed by atoms with Gasteiger partial charge in [0, 0.05) is 18.1 Å². The molecule has 0 saturated carbocycles. The normalized spacial score (nSPS) is 26.9. The average Bonchev–Trinajstić information content (AvgIpc) is 2.95. The van der Waals surface area contributed by atoms with Gasteiger partial charge in [-0.1, -0.05) is 66.7 Å². The van der Waals surface area contributed by atoms with E-state index in [2.05, 4.69) is 5.32 Å². The molecule has 5 rings (SSSR count). The van der Waals surface area contributed by atoms with Crippen LogP contribution in [0.15, 0.2) is 91.0 Å². The molecule has 0 aliphatic carbocycles. The Kier molecular flexibility index (Phi) is 7.95. The maximum atomic E-state index is 12.6. The molecule has 2 saturated heterocycles. The Bertz CT molecular complexity index is 1260. The number of aliphatic hydroxyl groups is 1. The zero-order valence-electron chi connectivity index (χ0n) is 20.8. The molecule has 2 N–H and O–H groups in total. The number of benzene rings is 3. The van der Waals surface area contributed by atoms with E-state index >= 15 is 0 Å². The van der Waals surface area contributed by atoms with Crippen LogP contribution < -0.4 is 10.1 Å². The molecular formula is C30H29NO7. The Balaban J connectivity index is 1.27. The maximum absolute atomic E-state index is 12.6. The highest BCUT2D eigenvalue weighted by atomic mass is 16.7. The van der Waals surface area contributed by atoms with Crippen molar-refractivity contribution in [1.82, 2.24) is 5.32 Å². The summed E-state index contributed by atoms with van der Waals surface area (Å²) in [6.07, 6.45) is -0.838. The van der Waals surface area contributed by atoms with E-state index in [4.69, 9.17) is 18.9 Å². The second-order valence-corrected chi connectivity index (χ2v) is 9.19. The van der Waals surface area contributed by atoms with Gasteiger partial charge < -0.3 is 29.4 Å². The minimum atomic E-state index is -1.11. The van der Waals surface area contributed by atoms with Crippen LogP contribution in [-0.4, -0.2) is 54.0 Å². The number of hydrogen-bond acceptors (Lipinski definition) is 7. The van der Waals surface area contributed by atoms with E-state index in [1.165, 1.54) is 13.0 Å². The predicted octanol–water partition coefficient (Wildman–Crippen LogP) is 3.67. The van der Waals surface area contributed by atoms with Crippen molar-refractivity contribution in [3.8, 4) is 5.75 Å². The summed E-state index contributed by atoms with van der Waals surface area (Å²) in [4.78, 5) is 24.5. The van der Waals surface area contributed by atoms with Crippen molar-refractivity contribution in [2.24, 2.45) is 0 Å². The Labute approximate surface area is 220 Å². The van der Waals surface area contributed by atoms with Gasteiger partial charge in [-0.3, -0.25) is 9.59 Å². The molecular weight excluding hydrogens is 486 g/mol. The number of nitrogens with one attached hydrogen (secondary N) is 1. The van der Waals surface area contributed by atoms with Crippen LogP contribution in [0.4, 0.5) is 0 Å². The number of ketones is 1. The zero-order chi connectivity index (χ0) is 26.5. The molecule has 2 heterocycles. The molecule has 0 bridgehead atoms. The summed E-state index contributed by atoms with van der Waals surface area (Å²) in [6.45, 7) is 1.53. The Morgan fingerprint density at radius 3 is 2.32 bits per heavy atom. The highest BCUT2D eigenvalue weighted by Crippen LogP contribution is 2.34. The summed E-state index contributed by atoms with van der Waals surface area (Å²) in [6, 6.07) is 24.7. The fourth-order valence-corrected chi connectivity index (χ4v) is 4.52. The largest absolute Gasteiger partial charge is 0.463 e. The van der Waals surface area contributed by atoms with Crippen molar-refractivity contribution in [2.75, 3.05) is 6.61 Å². The van der Waals surface area contributed by atoms with Gasteiger partial charge >= 0.3 is 0 Å². The van der Waals surface area contributed by atoms with Gasteiger partial charge in [0.15, 0.2) is 12.1 Å². The lowest BCUT2D eigenvalue weighted by molar-refractivity contribution is -0.333. The minimum Gasteiger partial charge on any atom is -0.463 e. The molecule has 196 valence electrons. The molecule has 3 aromatic carbocycles. The van der Waals surface area contributed by atoms with E-state index in [0.29, 0.717) is 11.3 Å². The van der Waals surface area contributed by atoms with E-state index < -0.39 is 36.9 Å². The fourth-order valence-electron chi connectivity index (χ4n) is 4.52. The third-order valence-corrected chi connectivity index (χ3v) is 6.43. The van der Waals surface area contributed by atoms with E-state index in [-0.39, 0.29) is 18.3 Å². The summed E-state index contributed by atoms with van der Waals surface area (Å²) in [5.41, 5.74) is 2.25. The third kappa shape index (κ3) is 6.00. The van der Waals surface area contributed by atoms with Gasteiger partial charge in [-0.15, -0.1) is 0 Å². The van der Waals surface area contributed by atoms with Crippen molar-refractivity contribution < 1.29 is 33.6 Å². The lowest BCUT2D eigenvalue weighted by Gasteiger charge is -2.47. The van der Waals surface area contributed by atoms with Crippen LogP contribution in [0.25, 0.3) is 6.08 Å². The first-order valence-electron chi connectivity index (χ1n) is 12.4. The number of ether oxygens (including phenoxy) is 4. The maximum Gasteiger partial charge on any atom is 0.223 e. The number of aliphatic hydroxyl groups excluding tert-OH is 1. The van der Waals surface area contributed by atoms with Gasteiger partial charge in [-0.25, -0.2) is 0 Å². The van der Waals surface area contributed by atoms with Crippen molar-refractivity contribution in [1.29, 1.82) is 0 Å². The predicted molar refractivity (Wildman–Crippen MR) is 139 cm³/mol. The Morgan fingerprint density at radius 2 is 1.63 bits per heavy atom. The van der Waals surface area contributed by atoms with Gasteiger partial charge in [-0.2, -0.15) is 0 Å². The fraction of sp³-hybridized carbons (Fsp3) is 0.267. The summed E-state index contributed by atoms with van der Waals surface area (Å²) < 4.78 is 24.0. The molecule has 0 radical (unpaired) electrons. The average molecular weight is 516 g/mol. The van der Waals surface area contributed by atoms with Gasteiger partial charge in [0.2, 0.25) is 12.2 Å². The first-order valence-corrected chi connectivity index (χ1v) is 12.4. The summed E-state index contributed by atoms with van der Waals surface area (Å²) in [7, 11) is 0. The Hall–Kier alpha value is -3.82. The summed E-state index contributed by atoms with van der Waals surface area (Å²) in [5.74, 6) is -0.0740. The molecule has 38 heavy (non-hydrogen) atoms. The van der Waals surface area contributed by atoms with Crippen molar-refractivity contribution >= 4 is 17.8 Å². The highest BCUT2D eigenvalue weighted by Gasteiger charge is 2.50. The molecule has 1 amide bonds.